The van der Waals surface area contributed by atoms with Gasteiger partial charge in [-0.15, -0.1) is 11.3 Å². The zero-order valence-electron chi connectivity index (χ0n) is 14.7. The summed E-state index contributed by atoms with van der Waals surface area (Å²) < 4.78 is 32.6. The maximum atomic E-state index is 12.5. The summed E-state index contributed by atoms with van der Waals surface area (Å²) in [4.78, 5) is 20.6. The van der Waals surface area contributed by atoms with E-state index < -0.39 is 21.7 Å². The number of hydrogen-bond acceptors (Lipinski definition) is 7. The van der Waals surface area contributed by atoms with Crippen LogP contribution in [0, 0.1) is 0 Å². The summed E-state index contributed by atoms with van der Waals surface area (Å²) in [6, 6.07) is 8.03. The molecule has 1 N–H and O–H groups in total. The van der Waals surface area contributed by atoms with Gasteiger partial charge < -0.3 is 4.74 Å². The van der Waals surface area contributed by atoms with Crippen LogP contribution in [0.25, 0.3) is 20.7 Å². The van der Waals surface area contributed by atoms with Crippen LogP contribution in [0.4, 0.5) is 4.79 Å². The molecular weight excluding hydrogens is 410 g/mol. The molecule has 0 atom stereocenters. The van der Waals surface area contributed by atoms with Crippen LogP contribution in [0.1, 0.15) is 20.8 Å². The van der Waals surface area contributed by atoms with Crippen LogP contribution in [-0.2, 0) is 14.8 Å². The number of thiophene rings is 1. The van der Waals surface area contributed by atoms with Crippen LogP contribution < -0.4 is 4.72 Å². The van der Waals surface area contributed by atoms with Crippen molar-refractivity contribution in [1.29, 1.82) is 0 Å². The summed E-state index contributed by atoms with van der Waals surface area (Å²) in [5.41, 5.74) is 0.523. The first kappa shape index (κ1) is 19.5. The molecule has 1 aromatic carbocycles. The summed E-state index contributed by atoms with van der Waals surface area (Å²) in [7, 11) is -4.07. The van der Waals surface area contributed by atoms with E-state index in [4.69, 9.17) is 16.3 Å². The van der Waals surface area contributed by atoms with Crippen molar-refractivity contribution in [3.8, 4) is 10.4 Å². The Morgan fingerprint density at radius 2 is 1.96 bits per heavy atom. The highest BCUT2D eigenvalue weighted by Gasteiger charge is 2.23. The van der Waals surface area contributed by atoms with Crippen LogP contribution in [-0.4, -0.2) is 30.1 Å². The van der Waals surface area contributed by atoms with Gasteiger partial charge in [-0.2, -0.15) is 0 Å². The maximum Gasteiger partial charge on any atom is 0.421 e. The van der Waals surface area contributed by atoms with Crippen LogP contribution >= 0.6 is 22.9 Å². The monoisotopic (exact) mass is 425 g/mol. The second kappa shape index (κ2) is 7.06. The Hall–Kier alpha value is -2.23. The van der Waals surface area contributed by atoms with Crippen molar-refractivity contribution >= 4 is 49.3 Å². The molecule has 2 aromatic heterocycles. The van der Waals surface area contributed by atoms with Gasteiger partial charge in [-0.05, 0) is 44.5 Å². The Morgan fingerprint density at radius 1 is 1.22 bits per heavy atom. The molecule has 0 radical (unpaired) electrons. The molecule has 0 spiro atoms. The number of ether oxygens (including phenoxy) is 1. The molecule has 7 nitrogen and oxygen atoms in total. The minimum absolute atomic E-state index is 0.0551. The lowest BCUT2D eigenvalue weighted by molar-refractivity contribution is 0.0570. The smallest absolute Gasteiger partial charge is 0.421 e. The van der Waals surface area contributed by atoms with Gasteiger partial charge in [-0.1, -0.05) is 23.7 Å². The van der Waals surface area contributed by atoms with E-state index in [0.717, 1.165) is 4.88 Å². The van der Waals surface area contributed by atoms with E-state index in [1.54, 1.807) is 39.0 Å². The van der Waals surface area contributed by atoms with E-state index in [1.165, 1.54) is 29.8 Å². The third kappa shape index (κ3) is 4.55. The number of halogens is 1. The van der Waals surface area contributed by atoms with Crippen LogP contribution in [0.15, 0.2) is 41.6 Å². The van der Waals surface area contributed by atoms with Crippen molar-refractivity contribution in [3.63, 3.8) is 0 Å². The van der Waals surface area contributed by atoms with Gasteiger partial charge in [0.05, 0.1) is 15.1 Å². The fourth-order valence-corrected chi connectivity index (χ4v) is 4.42. The fraction of sp³-hybridized carbons (Fsp3) is 0.235. The van der Waals surface area contributed by atoms with E-state index in [2.05, 4.69) is 9.97 Å². The molecule has 0 unspecified atom stereocenters. The molecule has 1 amide bonds. The minimum atomic E-state index is -4.07. The summed E-state index contributed by atoms with van der Waals surface area (Å²) in [6.07, 6.45) is 0.337. The predicted molar refractivity (Wildman–Crippen MR) is 104 cm³/mol. The van der Waals surface area contributed by atoms with E-state index in [1.807, 2.05) is 4.72 Å². The lowest BCUT2D eigenvalue weighted by Crippen LogP contribution is -2.36. The number of benzene rings is 1. The molecule has 3 rings (SSSR count). The molecule has 0 saturated heterocycles. The number of hydrogen-bond donors (Lipinski definition) is 1. The van der Waals surface area contributed by atoms with Gasteiger partial charge >= 0.3 is 6.09 Å². The molecule has 0 bridgehead atoms. The number of nitrogens with zero attached hydrogens (tertiary/aromatic N) is 2. The lowest BCUT2D eigenvalue weighted by Gasteiger charge is -2.19. The van der Waals surface area contributed by atoms with Crippen LogP contribution in [0.3, 0.4) is 0 Å². The van der Waals surface area contributed by atoms with Gasteiger partial charge in [0.2, 0.25) is 0 Å². The van der Waals surface area contributed by atoms with Gasteiger partial charge in [0.25, 0.3) is 10.0 Å². The Labute approximate surface area is 165 Å². The average Bonchev–Trinajstić information content (AvgIpc) is 2.98. The van der Waals surface area contributed by atoms with Crippen molar-refractivity contribution < 1.29 is 17.9 Å². The first-order chi connectivity index (χ1) is 12.5. The maximum absolute atomic E-state index is 12.5. The van der Waals surface area contributed by atoms with Gasteiger partial charge in [0.1, 0.15) is 17.1 Å². The molecule has 27 heavy (non-hydrogen) atoms. The quantitative estimate of drug-likeness (QED) is 0.630. The lowest BCUT2D eigenvalue weighted by atomic mass is 10.2. The summed E-state index contributed by atoms with van der Waals surface area (Å²) in [5, 5.41) is 0.339. The number of nitrogens with one attached hydrogen (secondary N) is 1. The van der Waals surface area contributed by atoms with Crippen molar-refractivity contribution in [2.75, 3.05) is 0 Å². The molecule has 10 heteroatoms. The van der Waals surface area contributed by atoms with E-state index in [9.17, 15) is 13.2 Å². The highest BCUT2D eigenvalue weighted by molar-refractivity contribution is 7.90. The first-order valence-corrected chi connectivity index (χ1v) is 10.5. The predicted octanol–water partition coefficient (Wildman–Crippen LogP) is 4.23. The largest absolute Gasteiger partial charge is 0.443 e. The standard InChI is InChI=1S/C17H16ClN3O4S2/c1-17(2,3)25-16(22)21-27(23,24)11-6-4-5-10(7-11)13-8-12-14(26-13)15(18)20-9-19-12/h4-9H,1-3H3,(H,21,22). The third-order valence-corrected chi connectivity index (χ3v) is 6.20. The topological polar surface area (TPSA) is 98.2 Å². The summed E-state index contributed by atoms with van der Waals surface area (Å²) >= 11 is 7.43. The van der Waals surface area contributed by atoms with Gasteiger partial charge in [-0.25, -0.2) is 27.9 Å². The molecule has 0 aliphatic heterocycles. The summed E-state index contributed by atoms with van der Waals surface area (Å²) in [5.74, 6) is 0. The van der Waals surface area contributed by atoms with Crippen molar-refractivity contribution in [2.45, 2.75) is 31.3 Å². The zero-order valence-corrected chi connectivity index (χ0v) is 17.1. The molecule has 0 saturated carbocycles. The van der Waals surface area contributed by atoms with Crippen molar-refractivity contribution in [1.82, 2.24) is 14.7 Å². The Balaban J connectivity index is 1.92. The first-order valence-electron chi connectivity index (χ1n) is 7.81. The van der Waals surface area contributed by atoms with E-state index >= 15 is 0 Å². The van der Waals surface area contributed by atoms with Crippen LogP contribution in [0.5, 0.6) is 0 Å². The molecular formula is C17H16ClN3O4S2. The normalized spacial score (nSPS) is 12.1. The Morgan fingerprint density at radius 3 is 2.63 bits per heavy atom. The molecule has 0 aliphatic rings. The number of sulfonamides is 1. The number of rotatable bonds is 3. The van der Waals surface area contributed by atoms with Crippen LogP contribution in [0.2, 0.25) is 5.15 Å². The molecule has 0 aliphatic carbocycles. The third-order valence-electron chi connectivity index (χ3n) is 3.31. The molecule has 3 aromatic rings. The molecule has 142 valence electrons. The highest BCUT2D eigenvalue weighted by atomic mass is 35.5. The Kier molecular flexibility index (Phi) is 5.11. The van der Waals surface area contributed by atoms with E-state index in [0.29, 0.717) is 20.9 Å². The fourth-order valence-electron chi connectivity index (χ4n) is 2.25. The number of amides is 1. The molecule has 0 fully saturated rings. The van der Waals surface area contributed by atoms with E-state index in [-0.39, 0.29) is 4.90 Å². The zero-order chi connectivity index (χ0) is 19.8. The molecule has 2 heterocycles. The van der Waals surface area contributed by atoms with Gasteiger partial charge in [0.15, 0.2) is 0 Å². The second-order valence-electron chi connectivity index (χ2n) is 6.62. The van der Waals surface area contributed by atoms with Gasteiger partial charge in [-0.3, -0.25) is 0 Å². The Bertz CT molecular complexity index is 1120. The highest BCUT2D eigenvalue weighted by Crippen LogP contribution is 2.35. The van der Waals surface area contributed by atoms with Crippen molar-refractivity contribution in [2.24, 2.45) is 0 Å². The van der Waals surface area contributed by atoms with Crippen molar-refractivity contribution in [3.05, 3.63) is 41.8 Å². The number of aromatic nitrogens is 2. The minimum Gasteiger partial charge on any atom is -0.443 e. The number of fused-ring (bicyclic) bond motifs is 1. The SMILES string of the molecule is CC(C)(C)OC(=O)NS(=O)(=O)c1cccc(-c2cc3ncnc(Cl)c3s2)c1. The summed E-state index contributed by atoms with van der Waals surface area (Å²) in [6.45, 7) is 4.94. The van der Waals surface area contributed by atoms with Gasteiger partial charge in [0, 0.05) is 4.88 Å². The average molecular weight is 426 g/mol. The second-order valence-corrected chi connectivity index (χ2v) is 9.72. The number of carbonyl (C=O) groups is 1. The number of carbonyl (C=O) groups excluding carboxylic acids is 1.